The summed E-state index contributed by atoms with van der Waals surface area (Å²) in [6, 6.07) is 0. The van der Waals surface area contributed by atoms with Gasteiger partial charge < -0.3 is 0 Å². The molecule has 0 fully saturated rings. The summed E-state index contributed by atoms with van der Waals surface area (Å²) in [6.45, 7) is 0. The first kappa shape index (κ1) is 7.20. The van der Waals surface area contributed by atoms with Gasteiger partial charge in [0.25, 0.3) is 5.88 Å². The molecule has 6 heteroatoms. The fourth-order valence-corrected chi connectivity index (χ4v) is 0.546. The van der Waals surface area contributed by atoms with Gasteiger partial charge in [-0.3, -0.25) is 4.89 Å². The molecule has 0 amide bonds. The highest BCUT2D eigenvalue weighted by Gasteiger charge is 2.01. The van der Waals surface area contributed by atoms with Crippen LogP contribution in [0.5, 0.6) is 5.88 Å². The summed E-state index contributed by atoms with van der Waals surface area (Å²) >= 11 is 5.47. The average Bonchev–Trinajstić information content (AvgIpc) is 1.94. The fourth-order valence-electron chi connectivity index (χ4n) is 0.410. The largest absolute Gasteiger partial charge is 0.296 e. The van der Waals surface area contributed by atoms with E-state index in [1.165, 1.54) is 12.4 Å². The van der Waals surface area contributed by atoms with E-state index in [1.54, 1.807) is 0 Å². The molecule has 5 nitrogen and oxygen atoms in total. The van der Waals surface area contributed by atoms with E-state index in [9.17, 15) is 0 Å². The summed E-state index contributed by atoms with van der Waals surface area (Å²) in [5, 5.41) is 0.105. The Bertz CT molecular complexity index is 219. The van der Waals surface area contributed by atoms with E-state index in [0.29, 0.717) is 0 Å². The average molecular weight is 162 g/mol. The van der Waals surface area contributed by atoms with E-state index in [4.69, 9.17) is 11.6 Å². The maximum Gasteiger partial charge on any atom is 0.296 e. The Morgan fingerprint density at radius 1 is 1.40 bits per heavy atom. The zero-order valence-electron chi connectivity index (χ0n) is 4.82. The molecule has 0 atom stereocenters. The van der Waals surface area contributed by atoms with E-state index < -0.39 is 0 Å². The van der Waals surface area contributed by atoms with Gasteiger partial charge in [-0.2, -0.15) is 5.90 Å². The number of nitrogens with two attached hydrogens (primary N) is 1. The second-order valence-electron chi connectivity index (χ2n) is 1.33. The van der Waals surface area contributed by atoms with Crippen molar-refractivity contribution in [1.82, 2.24) is 9.97 Å². The molecule has 0 radical (unpaired) electrons. The Morgan fingerprint density at radius 3 is 2.70 bits per heavy atom. The van der Waals surface area contributed by atoms with Crippen LogP contribution in [0.25, 0.3) is 0 Å². The van der Waals surface area contributed by atoms with Crippen LogP contribution in [-0.2, 0) is 4.99 Å². The first-order chi connectivity index (χ1) is 4.84. The van der Waals surface area contributed by atoms with Crippen molar-refractivity contribution < 1.29 is 9.88 Å². The lowest BCUT2D eigenvalue weighted by atomic mass is 10.7. The molecule has 1 aromatic rings. The molecule has 0 spiro atoms. The van der Waals surface area contributed by atoms with Gasteiger partial charge in [-0.25, -0.2) is 9.97 Å². The summed E-state index contributed by atoms with van der Waals surface area (Å²) in [5.41, 5.74) is 0. The van der Waals surface area contributed by atoms with Crippen LogP contribution in [0.2, 0.25) is 5.15 Å². The number of aromatic nitrogens is 2. The Hall–Kier alpha value is -0.910. The monoisotopic (exact) mass is 161 g/mol. The minimum absolute atomic E-state index is 0.0478. The van der Waals surface area contributed by atoms with Crippen molar-refractivity contribution in [2.75, 3.05) is 0 Å². The van der Waals surface area contributed by atoms with E-state index >= 15 is 0 Å². The van der Waals surface area contributed by atoms with Gasteiger partial charge in [0.1, 0.15) is 0 Å². The predicted octanol–water partition coefficient (Wildman–Crippen LogP) is 0.314. The van der Waals surface area contributed by atoms with Crippen molar-refractivity contribution >= 4 is 11.6 Å². The smallest absolute Gasteiger partial charge is 0.295 e. The quantitative estimate of drug-likeness (QED) is 0.500. The van der Waals surface area contributed by atoms with E-state index in [0.717, 1.165) is 0 Å². The lowest BCUT2D eigenvalue weighted by Gasteiger charge is -1.97. The number of nitrogens with zero attached hydrogens (tertiary/aromatic N) is 2. The van der Waals surface area contributed by atoms with E-state index in [1.807, 2.05) is 0 Å². The molecular weight excluding hydrogens is 158 g/mol. The normalized spacial score (nSPS) is 9.40. The highest BCUT2D eigenvalue weighted by Crippen LogP contribution is 2.15. The number of halogens is 1. The summed E-state index contributed by atoms with van der Waals surface area (Å²) < 4.78 is 0. The molecule has 0 unspecified atom stereocenters. The number of hydrogen-bond donors (Lipinski definition) is 1. The Balaban J connectivity index is 2.81. The van der Waals surface area contributed by atoms with Crippen LogP contribution in [0.4, 0.5) is 0 Å². The standard InChI is InChI=1S/C4H4ClN3O2/c5-3-4(9-10-6)8-2-1-7-3/h1-2H,6H2. The van der Waals surface area contributed by atoms with Crippen LogP contribution in [0.15, 0.2) is 12.4 Å². The third kappa shape index (κ3) is 1.53. The second kappa shape index (κ2) is 3.31. The highest BCUT2D eigenvalue weighted by atomic mass is 35.5. The van der Waals surface area contributed by atoms with Gasteiger partial charge in [0.2, 0.25) is 0 Å². The second-order valence-corrected chi connectivity index (χ2v) is 1.69. The SMILES string of the molecule is NOOc1nccnc1Cl. The molecule has 0 saturated heterocycles. The molecule has 0 aromatic carbocycles. The van der Waals surface area contributed by atoms with Gasteiger partial charge in [-0.05, 0) is 0 Å². The van der Waals surface area contributed by atoms with Crippen molar-refractivity contribution in [2.45, 2.75) is 0 Å². The lowest BCUT2D eigenvalue weighted by molar-refractivity contribution is -0.214. The molecular formula is C4H4ClN3O2. The Morgan fingerprint density at radius 2 is 2.10 bits per heavy atom. The van der Waals surface area contributed by atoms with Gasteiger partial charge in [0, 0.05) is 12.4 Å². The summed E-state index contributed by atoms with van der Waals surface area (Å²) in [5.74, 6) is 4.63. The highest BCUT2D eigenvalue weighted by molar-refractivity contribution is 6.30. The third-order valence-corrected chi connectivity index (χ3v) is 1.01. The van der Waals surface area contributed by atoms with Crippen LogP contribution in [0.3, 0.4) is 0 Å². The molecule has 0 saturated carbocycles. The molecule has 0 bridgehead atoms. The van der Waals surface area contributed by atoms with Gasteiger partial charge >= 0.3 is 0 Å². The maximum atomic E-state index is 5.47. The minimum Gasteiger partial charge on any atom is -0.295 e. The lowest BCUT2D eigenvalue weighted by Crippen LogP contribution is -2.05. The van der Waals surface area contributed by atoms with Crippen molar-refractivity contribution in [2.24, 2.45) is 5.90 Å². The summed E-state index contributed by atoms with van der Waals surface area (Å²) in [6.07, 6.45) is 2.83. The van der Waals surface area contributed by atoms with E-state index in [-0.39, 0.29) is 11.0 Å². The zero-order chi connectivity index (χ0) is 7.40. The molecule has 10 heavy (non-hydrogen) atoms. The van der Waals surface area contributed by atoms with Crippen molar-refractivity contribution in [1.29, 1.82) is 0 Å². The van der Waals surface area contributed by atoms with Crippen molar-refractivity contribution in [3.05, 3.63) is 17.5 Å². The maximum absolute atomic E-state index is 5.47. The van der Waals surface area contributed by atoms with Gasteiger partial charge in [0.05, 0.1) is 0 Å². The molecule has 0 aliphatic carbocycles. The third-order valence-electron chi connectivity index (χ3n) is 0.750. The van der Waals surface area contributed by atoms with Gasteiger partial charge in [0.15, 0.2) is 5.15 Å². The van der Waals surface area contributed by atoms with E-state index in [2.05, 4.69) is 25.7 Å². The first-order valence-electron chi connectivity index (χ1n) is 2.34. The topological polar surface area (TPSA) is 70.3 Å². The Labute approximate surface area is 61.6 Å². The number of rotatable bonds is 2. The van der Waals surface area contributed by atoms with Crippen molar-refractivity contribution in [3.8, 4) is 5.88 Å². The Kier molecular flexibility index (Phi) is 2.38. The van der Waals surface area contributed by atoms with Crippen LogP contribution in [-0.4, -0.2) is 9.97 Å². The molecule has 1 aromatic heterocycles. The molecule has 54 valence electrons. The first-order valence-corrected chi connectivity index (χ1v) is 2.72. The summed E-state index contributed by atoms with van der Waals surface area (Å²) in [7, 11) is 0. The number of hydrogen-bond acceptors (Lipinski definition) is 5. The van der Waals surface area contributed by atoms with Crippen molar-refractivity contribution in [3.63, 3.8) is 0 Å². The molecule has 1 heterocycles. The molecule has 0 aliphatic heterocycles. The summed E-state index contributed by atoms with van der Waals surface area (Å²) in [4.78, 5) is 15.4. The fraction of sp³-hybridized carbons (Fsp3) is 0. The predicted molar refractivity (Wildman–Crippen MR) is 32.9 cm³/mol. The molecule has 0 aliphatic rings. The van der Waals surface area contributed by atoms with Crippen LogP contribution >= 0.6 is 11.6 Å². The molecule has 2 N–H and O–H groups in total. The molecule has 1 rings (SSSR count). The van der Waals surface area contributed by atoms with Crippen LogP contribution in [0.1, 0.15) is 0 Å². The zero-order valence-corrected chi connectivity index (χ0v) is 5.58. The van der Waals surface area contributed by atoms with Crippen LogP contribution in [0, 0.1) is 0 Å². The van der Waals surface area contributed by atoms with Gasteiger partial charge in [-0.1, -0.05) is 16.6 Å². The minimum atomic E-state index is 0.0478. The van der Waals surface area contributed by atoms with Crippen LogP contribution < -0.4 is 10.8 Å². The van der Waals surface area contributed by atoms with Gasteiger partial charge in [-0.15, -0.1) is 0 Å².